The van der Waals surface area contributed by atoms with Gasteiger partial charge >= 0.3 is 5.69 Å². The molecule has 1 aromatic carbocycles. The molecule has 6 nitrogen and oxygen atoms in total. The Morgan fingerprint density at radius 1 is 1.42 bits per heavy atom. The van der Waals surface area contributed by atoms with E-state index in [0.29, 0.717) is 11.4 Å². The number of nitro benzene ring substituents is 1. The van der Waals surface area contributed by atoms with Crippen molar-refractivity contribution in [3.8, 4) is 0 Å². The molecule has 0 aliphatic carbocycles. The van der Waals surface area contributed by atoms with E-state index in [4.69, 9.17) is 0 Å². The quantitative estimate of drug-likeness (QED) is 0.666. The van der Waals surface area contributed by atoms with Crippen molar-refractivity contribution in [1.82, 2.24) is 4.90 Å². The molecule has 0 amide bonds. The Kier molecular flexibility index (Phi) is 3.90. The average molecular weight is 264 g/mol. The van der Waals surface area contributed by atoms with Gasteiger partial charge < -0.3 is 15.1 Å². The Labute approximate surface area is 113 Å². The van der Waals surface area contributed by atoms with Gasteiger partial charge in [-0.1, -0.05) is 6.07 Å². The first kappa shape index (κ1) is 13.6. The van der Waals surface area contributed by atoms with Crippen molar-refractivity contribution in [3.05, 3.63) is 28.3 Å². The van der Waals surface area contributed by atoms with Crippen molar-refractivity contribution in [1.29, 1.82) is 0 Å². The van der Waals surface area contributed by atoms with Gasteiger partial charge in [0.25, 0.3) is 0 Å². The summed E-state index contributed by atoms with van der Waals surface area (Å²) in [5.41, 5.74) is 1.44. The third kappa shape index (κ3) is 2.63. The van der Waals surface area contributed by atoms with Gasteiger partial charge in [-0.05, 0) is 26.1 Å². The predicted octanol–water partition coefficient (Wildman–Crippen LogP) is 1.78. The first-order valence-electron chi connectivity index (χ1n) is 6.45. The minimum atomic E-state index is -0.299. The van der Waals surface area contributed by atoms with Gasteiger partial charge in [-0.25, -0.2) is 0 Å². The van der Waals surface area contributed by atoms with Crippen molar-refractivity contribution >= 4 is 17.1 Å². The minimum Gasteiger partial charge on any atom is -0.382 e. The molecule has 1 aromatic rings. The number of nitrogens with zero attached hydrogens (tertiary/aromatic N) is 3. The van der Waals surface area contributed by atoms with Gasteiger partial charge in [0.2, 0.25) is 0 Å². The Balaban J connectivity index is 2.41. The van der Waals surface area contributed by atoms with E-state index in [1.807, 2.05) is 12.1 Å². The van der Waals surface area contributed by atoms with E-state index < -0.39 is 0 Å². The lowest BCUT2D eigenvalue weighted by Crippen LogP contribution is -2.50. The summed E-state index contributed by atoms with van der Waals surface area (Å²) >= 11 is 0. The van der Waals surface area contributed by atoms with E-state index in [1.54, 1.807) is 13.1 Å². The molecule has 1 N–H and O–H groups in total. The van der Waals surface area contributed by atoms with E-state index >= 15 is 0 Å². The summed E-state index contributed by atoms with van der Waals surface area (Å²) in [5.74, 6) is 0. The predicted molar refractivity (Wildman–Crippen MR) is 76.9 cm³/mol. The molecule has 2 rings (SSSR count). The van der Waals surface area contributed by atoms with Gasteiger partial charge in [-0.3, -0.25) is 10.1 Å². The molecule has 1 unspecified atom stereocenters. The van der Waals surface area contributed by atoms with Crippen LogP contribution in [0.2, 0.25) is 0 Å². The molecule has 19 heavy (non-hydrogen) atoms. The van der Waals surface area contributed by atoms with Crippen molar-refractivity contribution < 1.29 is 4.92 Å². The normalized spacial score (nSPS) is 20.4. The summed E-state index contributed by atoms with van der Waals surface area (Å²) in [5, 5.41) is 14.2. The zero-order valence-corrected chi connectivity index (χ0v) is 11.6. The Morgan fingerprint density at radius 3 is 2.74 bits per heavy atom. The topological polar surface area (TPSA) is 61.6 Å². The second-order valence-corrected chi connectivity index (χ2v) is 4.99. The van der Waals surface area contributed by atoms with E-state index in [2.05, 4.69) is 29.1 Å². The fourth-order valence-corrected chi connectivity index (χ4v) is 2.65. The fourth-order valence-electron chi connectivity index (χ4n) is 2.65. The number of nitrogens with one attached hydrogen (secondary N) is 1. The smallest absolute Gasteiger partial charge is 0.315 e. The molecule has 0 bridgehead atoms. The molecule has 1 saturated heterocycles. The fraction of sp³-hybridized carbons (Fsp3) is 0.538. The van der Waals surface area contributed by atoms with Crippen LogP contribution in [0.4, 0.5) is 17.1 Å². The van der Waals surface area contributed by atoms with Gasteiger partial charge in [0.15, 0.2) is 0 Å². The van der Waals surface area contributed by atoms with Crippen LogP contribution >= 0.6 is 0 Å². The van der Waals surface area contributed by atoms with Crippen LogP contribution in [0.15, 0.2) is 18.2 Å². The monoisotopic (exact) mass is 264 g/mol. The molecule has 0 aromatic heterocycles. The SMILES string of the molecule is CNc1cccc(N2CCN(C)CC2C)c1[N+](=O)[O-]. The van der Waals surface area contributed by atoms with Crippen molar-refractivity contribution in [3.63, 3.8) is 0 Å². The third-order valence-corrected chi connectivity index (χ3v) is 3.61. The lowest BCUT2D eigenvalue weighted by Gasteiger charge is -2.39. The summed E-state index contributed by atoms with van der Waals surface area (Å²) in [7, 11) is 3.78. The molecule has 1 heterocycles. The summed E-state index contributed by atoms with van der Waals surface area (Å²) in [6.07, 6.45) is 0. The van der Waals surface area contributed by atoms with Gasteiger partial charge in [-0.15, -0.1) is 0 Å². The first-order chi connectivity index (χ1) is 9.04. The van der Waals surface area contributed by atoms with Crippen molar-refractivity contribution in [2.24, 2.45) is 0 Å². The Morgan fingerprint density at radius 2 is 2.16 bits per heavy atom. The maximum absolute atomic E-state index is 11.3. The second kappa shape index (κ2) is 5.44. The molecule has 6 heteroatoms. The van der Waals surface area contributed by atoms with Crippen LogP contribution in [0, 0.1) is 10.1 Å². The van der Waals surface area contributed by atoms with Crippen molar-refractivity contribution in [2.45, 2.75) is 13.0 Å². The average Bonchev–Trinajstić information content (AvgIpc) is 2.37. The highest BCUT2D eigenvalue weighted by Gasteiger charge is 2.29. The summed E-state index contributed by atoms with van der Waals surface area (Å²) in [6, 6.07) is 5.70. The highest BCUT2D eigenvalue weighted by Crippen LogP contribution is 2.36. The van der Waals surface area contributed by atoms with E-state index in [9.17, 15) is 10.1 Å². The van der Waals surface area contributed by atoms with Crippen LogP contribution in [-0.2, 0) is 0 Å². The Hall–Kier alpha value is -1.82. The molecule has 1 aliphatic heterocycles. The molecule has 1 fully saturated rings. The molecule has 1 atom stereocenters. The van der Waals surface area contributed by atoms with Crippen LogP contribution in [0.3, 0.4) is 0 Å². The summed E-state index contributed by atoms with van der Waals surface area (Å²) < 4.78 is 0. The number of nitro groups is 1. The number of para-hydroxylation sites is 1. The third-order valence-electron chi connectivity index (χ3n) is 3.61. The van der Waals surface area contributed by atoms with Crippen molar-refractivity contribution in [2.75, 3.05) is 43.9 Å². The first-order valence-corrected chi connectivity index (χ1v) is 6.45. The number of hydrogen-bond acceptors (Lipinski definition) is 5. The maximum Gasteiger partial charge on any atom is 0.315 e. The molecular formula is C13H20N4O2. The number of likely N-dealkylation sites (N-methyl/N-ethyl adjacent to an activating group) is 1. The maximum atomic E-state index is 11.3. The van der Waals surface area contributed by atoms with Gasteiger partial charge in [-0.2, -0.15) is 0 Å². The van der Waals surface area contributed by atoms with Crippen LogP contribution in [0.5, 0.6) is 0 Å². The lowest BCUT2D eigenvalue weighted by molar-refractivity contribution is -0.383. The zero-order valence-electron chi connectivity index (χ0n) is 11.6. The number of hydrogen-bond donors (Lipinski definition) is 1. The molecular weight excluding hydrogens is 244 g/mol. The largest absolute Gasteiger partial charge is 0.382 e. The molecule has 104 valence electrons. The highest BCUT2D eigenvalue weighted by atomic mass is 16.6. The molecule has 1 aliphatic rings. The number of benzene rings is 1. The van der Waals surface area contributed by atoms with E-state index in [-0.39, 0.29) is 16.7 Å². The van der Waals surface area contributed by atoms with Crippen LogP contribution < -0.4 is 10.2 Å². The molecule has 0 saturated carbocycles. The van der Waals surface area contributed by atoms with Crippen LogP contribution in [0.1, 0.15) is 6.92 Å². The van der Waals surface area contributed by atoms with E-state index in [0.717, 1.165) is 19.6 Å². The summed E-state index contributed by atoms with van der Waals surface area (Å²) in [4.78, 5) is 15.4. The van der Waals surface area contributed by atoms with Gasteiger partial charge in [0.1, 0.15) is 11.4 Å². The Bertz CT molecular complexity index is 478. The van der Waals surface area contributed by atoms with Crippen LogP contribution in [-0.4, -0.2) is 49.6 Å². The summed E-state index contributed by atoms with van der Waals surface area (Å²) in [6.45, 7) is 4.75. The van der Waals surface area contributed by atoms with Crippen LogP contribution in [0.25, 0.3) is 0 Å². The standard InChI is InChI=1S/C13H20N4O2/c1-10-9-15(3)7-8-16(10)12-6-4-5-11(14-2)13(12)17(18)19/h4-6,10,14H,7-9H2,1-3H3. The molecule has 0 radical (unpaired) electrons. The highest BCUT2D eigenvalue weighted by molar-refractivity contribution is 5.77. The lowest BCUT2D eigenvalue weighted by atomic mass is 10.1. The van der Waals surface area contributed by atoms with Gasteiger partial charge in [0, 0.05) is 32.7 Å². The zero-order chi connectivity index (χ0) is 14.0. The second-order valence-electron chi connectivity index (χ2n) is 4.99. The molecule has 0 spiro atoms. The minimum absolute atomic E-state index is 0.168. The van der Waals surface area contributed by atoms with E-state index in [1.165, 1.54) is 0 Å². The number of piperazine rings is 1. The number of anilines is 2. The van der Waals surface area contributed by atoms with Gasteiger partial charge in [0.05, 0.1) is 4.92 Å². The number of rotatable bonds is 3.